The van der Waals surface area contributed by atoms with Crippen molar-refractivity contribution in [1.29, 1.82) is 0 Å². The van der Waals surface area contributed by atoms with Crippen LogP contribution in [0.25, 0.3) is 0 Å². The third-order valence-electron chi connectivity index (χ3n) is 1.73. The lowest BCUT2D eigenvalue weighted by Crippen LogP contribution is -2.23. The van der Waals surface area contributed by atoms with Gasteiger partial charge < -0.3 is 5.32 Å². The molecule has 3 heteroatoms. The van der Waals surface area contributed by atoms with Gasteiger partial charge in [0.25, 0.3) is 0 Å². The molecule has 0 bridgehead atoms. The minimum atomic E-state index is 0.0231. The Kier molecular flexibility index (Phi) is 3.27. The number of nitrogens with one attached hydrogen (secondary N) is 1. The molecule has 0 saturated carbocycles. The molecule has 1 aromatic rings. The quantitative estimate of drug-likeness (QED) is 0.708. The highest BCUT2D eigenvalue weighted by Crippen LogP contribution is 2.07. The summed E-state index contributed by atoms with van der Waals surface area (Å²) in [6.45, 7) is 4.14. The monoisotopic (exact) mass is 175 g/mol. The van der Waals surface area contributed by atoms with E-state index in [0.717, 1.165) is 5.82 Å². The number of rotatable bonds is 3. The third-order valence-corrected chi connectivity index (χ3v) is 1.73. The lowest BCUT2D eigenvalue weighted by atomic mass is 10.1. The lowest BCUT2D eigenvalue weighted by Gasteiger charge is -2.16. The van der Waals surface area contributed by atoms with Crippen molar-refractivity contribution < 1.29 is 0 Å². The van der Waals surface area contributed by atoms with Crippen LogP contribution in [0.4, 0.5) is 5.82 Å². The maximum Gasteiger partial charge on any atom is 0.130 e. The van der Waals surface area contributed by atoms with Crippen LogP contribution in [0.5, 0.6) is 0 Å². The van der Waals surface area contributed by atoms with Gasteiger partial charge in [-0.05, 0) is 12.0 Å². The molecule has 1 rings (SSSR count). The van der Waals surface area contributed by atoms with E-state index < -0.39 is 0 Å². The molecule has 1 atom stereocenters. The van der Waals surface area contributed by atoms with Crippen molar-refractivity contribution in [1.82, 2.24) is 9.97 Å². The SMILES string of the molecule is C#CC(Nc1ccncn1)C(C)C. The van der Waals surface area contributed by atoms with Crippen molar-refractivity contribution in [2.45, 2.75) is 19.9 Å². The van der Waals surface area contributed by atoms with Crippen molar-refractivity contribution in [2.24, 2.45) is 5.92 Å². The molecule has 1 aromatic heterocycles. The molecule has 0 aliphatic rings. The van der Waals surface area contributed by atoms with Gasteiger partial charge in [-0.25, -0.2) is 9.97 Å². The van der Waals surface area contributed by atoms with Gasteiger partial charge in [0, 0.05) is 6.20 Å². The summed E-state index contributed by atoms with van der Waals surface area (Å²) >= 11 is 0. The lowest BCUT2D eigenvalue weighted by molar-refractivity contribution is 0.612. The highest BCUT2D eigenvalue weighted by molar-refractivity contribution is 5.36. The van der Waals surface area contributed by atoms with E-state index in [-0.39, 0.29) is 6.04 Å². The summed E-state index contributed by atoms with van der Waals surface area (Å²) in [7, 11) is 0. The second-order valence-corrected chi connectivity index (χ2v) is 3.13. The topological polar surface area (TPSA) is 37.8 Å². The number of aromatic nitrogens is 2. The summed E-state index contributed by atoms with van der Waals surface area (Å²) in [4.78, 5) is 7.85. The maximum atomic E-state index is 5.37. The van der Waals surface area contributed by atoms with Crippen LogP contribution in [0.2, 0.25) is 0 Å². The maximum absolute atomic E-state index is 5.37. The van der Waals surface area contributed by atoms with Gasteiger partial charge in [-0.15, -0.1) is 6.42 Å². The number of terminal acetylenes is 1. The molecule has 0 amide bonds. The Labute approximate surface area is 78.6 Å². The highest BCUT2D eigenvalue weighted by Gasteiger charge is 2.09. The molecule has 0 saturated heterocycles. The molecule has 0 aliphatic carbocycles. The molecule has 1 heterocycles. The van der Waals surface area contributed by atoms with Crippen molar-refractivity contribution >= 4 is 5.82 Å². The van der Waals surface area contributed by atoms with Gasteiger partial charge in [-0.1, -0.05) is 19.8 Å². The first kappa shape index (κ1) is 9.53. The average Bonchev–Trinajstić information content (AvgIpc) is 2.15. The molecule has 0 spiro atoms. The molecule has 0 fully saturated rings. The molecular formula is C10H13N3. The number of hydrogen-bond donors (Lipinski definition) is 1. The average molecular weight is 175 g/mol. The number of nitrogens with zero attached hydrogens (tertiary/aromatic N) is 2. The van der Waals surface area contributed by atoms with Gasteiger partial charge in [0.1, 0.15) is 12.1 Å². The van der Waals surface area contributed by atoms with Crippen molar-refractivity contribution in [3.8, 4) is 12.3 Å². The second kappa shape index (κ2) is 4.46. The predicted molar refractivity (Wildman–Crippen MR) is 53.1 cm³/mol. The van der Waals surface area contributed by atoms with Crippen LogP contribution in [-0.4, -0.2) is 16.0 Å². The van der Waals surface area contributed by atoms with Gasteiger partial charge in [-0.3, -0.25) is 0 Å². The summed E-state index contributed by atoms with van der Waals surface area (Å²) in [6, 6.07) is 1.82. The molecule has 0 aromatic carbocycles. The molecular weight excluding hydrogens is 162 g/mol. The normalized spacial score (nSPS) is 12.2. The van der Waals surface area contributed by atoms with Crippen molar-refractivity contribution in [3.63, 3.8) is 0 Å². The first-order valence-corrected chi connectivity index (χ1v) is 4.22. The third kappa shape index (κ3) is 2.75. The largest absolute Gasteiger partial charge is 0.356 e. The van der Waals surface area contributed by atoms with E-state index in [1.807, 2.05) is 0 Å². The van der Waals surface area contributed by atoms with Crippen LogP contribution in [0.15, 0.2) is 18.6 Å². The molecule has 68 valence electrons. The van der Waals surface area contributed by atoms with Crippen LogP contribution in [0.3, 0.4) is 0 Å². The minimum absolute atomic E-state index is 0.0231. The molecule has 13 heavy (non-hydrogen) atoms. The zero-order valence-corrected chi connectivity index (χ0v) is 7.86. The Morgan fingerprint density at radius 1 is 1.54 bits per heavy atom. The Balaban J connectivity index is 2.64. The van der Waals surface area contributed by atoms with Crippen LogP contribution >= 0.6 is 0 Å². The Hall–Kier alpha value is -1.56. The molecule has 1 unspecified atom stereocenters. The summed E-state index contributed by atoms with van der Waals surface area (Å²) in [5.74, 6) is 3.84. The minimum Gasteiger partial charge on any atom is -0.356 e. The Morgan fingerprint density at radius 3 is 2.77 bits per heavy atom. The predicted octanol–water partition coefficient (Wildman–Crippen LogP) is 1.55. The standard InChI is InChI=1S/C10H13N3/c1-4-9(8(2)3)13-10-5-6-11-7-12-10/h1,5-9H,2-3H3,(H,11,12,13). The van der Waals surface area contributed by atoms with Crippen LogP contribution in [0, 0.1) is 18.3 Å². The van der Waals surface area contributed by atoms with E-state index in [2.05, 4.69) is 35.1 Å². The van der Waals surface area contributed by atoms with E-state index in [4.69, 9.17) is 6.42 Å². The summed E-state index contributed by atoms with van der Waals surface area (Å²) < 4.78 is 0. The zero-order chi connectivity index (χ0) is 9.68. The van der Waals surface area contributed by atoms with Crippen molar-refractivity contribution in [3.05, 3.63) is 18.6 Å². The summed E-state index contributed by atoms with van der Waals surface area (Å²) in [5.41, 5.74) is 0. The van der Waals surface area contributed by atoms with Gasteiger partial charge in [-0.2, -0.15) is 0 Å². The van der Waals surface area contributed by atoms with Gasteiger partial charge in [0.2, 0.25) is 0 Å². The number of hydrogen-bond acceptors (Lipinski definition) is 3. The van der Waals surface area contributed by atoms with E-state index >= 15 is 0 Å². The summed E-state index contributed by atoms with van der Waals surface area (Å²) in [5, 5.41) is 3.14. The Morgan fingerprint density at radius 2 is 2.31 bits per heavy atom. The molecule has 3 nitrogen and oxygen atoms in total. The molecule has 0 aliphatic heterocycles. The van der Waals surface area contributed by atoms with Crippen molar-refractivity contribution in [2.75, 3.05) is 5.32 Å². The van der Waals surface area contributed by atoms with Crippen LogP contribution in [0.1, 0.15) is 13.8 Å². The van der Waals surface area contributed by atoms with Gasteiger partial charge >= 0.3 is 0 Å². The number of anilines is 1. The first-order chi connectivity index (χ1) is 6.24. The highest BCUT2D eigenvalue weighted by atomic mass is 15.0. The fourth-order valence-electron chi connectivity index (χ4n) is 0.936. The zero-order valence-electron chi connectivity index (χ0n) is 7.86. The van der Waals surface area contributed by atoms with Gasteiger partial charge in [0.15, 0.2) is 0 Å². The van der Waals surface area contributed by atoms with E-state index in [1.54, 1.807) is 12.3 Å². The van der Waals surface area contributed by atoms with Gasteiger partial charge in [0.05, 0.1) is 6.04 Å². The molecule has 0 radical (unpaired) electrons. The van der Waals surface area contributed by atoms with Crippen LogP contribution in [-0.2, 0) is 0 Å². The fourth-order valence-corrected chi connectivity index (χ4v) is 0.936. The fraction of sp³-hybridized carbons (Fsp3) is 0.400. The van der Waals surface area contributed by atoms with Crippen LogP contribution < -0.4 is 5.32 Å². The summed E-state index contributed by atoms with van der Waals surface area (Å²) in [6.07, 6.45) is 8.55. The van der Waals surface area contributed by atoms with E-state index in [1.165, 1.54) is 6.33 Å². The first-order valence-electron chi connectivity index (χ1n) is 4.22. The molecule has 1 N–H and O–H groups in total. The smallest absolute Gasteiger partial charge is 0.130 e. The van der Waals surface area contributed by atoms with E-state index in [9.17, 15) is 0 Å². The second-order valence-electron chi connectivity index (χ2n) is 3.13. The Bertz CT molecular complexity index is 287. The van der Waals surface area contributed by atoms with E-state index in [0.29, 0.717) is 5.92 Å².